The number of halogens is 2. The van der Waals surface area contributed by atoms with Crippen LogP contribution in [0.1, 0.15) is 20.8 Å². The van der Waals surface area contributed by atoms with Gasteiger partial charge in [-0.15, -0.1) is 0 Å². The summed E-state index contributed by atoms with van der Waals surface area (Å²) in [6.45, 7) is 6.07. The second-order valence-corrected chi connectivity index (χ2v) is 7.50. The molecule has 0 radical (unpaired) electrons. The lowest BCUT2D eigenvalue weighted by Gasteiger charge is -2.39. The second kappa shape index (κ2) is 6.75. The highest BCUT2D eigenvalue weighted by Gasteiger charge is 2.35. The van der Waals surface area contributed by atoms with Gasteiger partial charge in [0.05, 0.1) is 36.2 Å². The Bertz CT molecular complexity index is 808. The van der Waals surface area contributed by atoms with Gasteiger partial charge >= 0.3 is 6.09 Å². The van der Waals surface area contributed by atoms with Gasteiger partial charge in [-0.1, -0.05) is 11.6 Å². The molecule has 0 spiro atoms. The van der Waals surface area contributed by atoms with Crippen molar-refractivity contribution in [3.63, 3.8) is 0 Å². The largest absolute Gasteiger partial charge is 0.483 e. The SMILES string of the molecule is Cn1ncc(Cl)c1-c1cc(OC2CN(C(=O)OC(C)(C)C)C2)c(F)cn1. The van der Waals surface area contributed by atoms with E-state index in [9.17, 15) is 9.18 Å². The van der Waals surface area contributed by atoms with Crippen molar-refractivity contribution < 1.29 is 18.7 Å². The fourth-order valence-corrected chi connectivity index (χ4v) is 2.77. The summed E-state index contributed by atoms with van der Waals surface area (Å²) in [5, 5.41) is 4.46. The number of amides is 1. The van der Waals surface area contributed by atoms with E-state index in [4.69, 9.17) is 21.1 Å². The highest BCUT2D eigenvalue weighted by Crippen LogP contribution is 2.30. The van der Waals surface area contributed by atoms with Gasteiger partial charge in [0.15, 0.2) is 11.6 Å². The predicted molar refractivity (Wildman–Crippen MR) is 93.6 cm³/mol. The van der Waals surface area contributed by atoms with Crippen LogP contribution in [-0.4, -0.2) is 50.6 Å². The number of ether oxygens (including phenoxy) is 2. The third-order valence-electron chi connectivity index (χ3n) is 3.75. The maximum atomic E-state index is 14.1. The van der Waals surface area contributed by atoms with Crippen LogP contribution in [0, 0.1) is 5.82 Å². The molecule has 26 heavy (non-hydrogen) atoms. The molecule has 1 aliphatic heterocycles. The lowest BCUT2D eigenvalue weighted by molar-refractivity contribution is -0.0229. The Morgan fingerprint density at radius 2 is 2.04 bits per heavy atom. The zero-order valence-electron chi connectivity index (χ0n) is 15.0. The number of hydrogen-bond donors (Lipinski definition) is 0. The van der Waals surface area contributed by atoms with Crippen LogP contribution in [-0.2, 0) is 11.8 Å². The van der Waals surface area contributed by atoms with Crippen molar-refractivity contribution in [1.82, 2.24) is 19.7 Å². The lowest BCUT2D eigenvalue weighted by Crippen LogP contribution is -2.57. The van der Waals surface area contributed by atoms with Crippen LogP contribution in [0.4, 0.5) is 9.18 Å². The highest BCUT2D eigenvalue weighted by atomic mass is 35.5. The Morgan fingerprint density at radius 1 is 1.35 bits per heavy atom. The summed E-state index contributed by atoms with van der Waals surface area (Å²) >= 11 is 6.11. The number of carbonyl (C=O) groups is 1. The summed E-state index contributed by atoms with van der Waals surface area (Å²) in [6.07, 6.45) is 1.86. The molecule has 1 aliphatic rings. The molecule has 1 saturated heterocycles. The van der Waals surface area contributed by atoms with Gasteiger partial charge in [-0.05, 0) is 20.8 Å². The number of hydrogen-bond acceptors (Lipinski definition) is 5. The third-order valence-corrected chi connectivity index (χ3v) is 4.03. The topological polar surface area (TPSA) is 69.5 Å². The summed E-state index contributed by atoms with van der Waals surface area (Å²) in [5.41, 5.74) is 0.465. The van der Waals surface area contributed by atoms with E-state index in [-0.39, 0.29) is 11.9 Å². The quantitative estimate of drug-likeness (QED) is 0.814. The molecule has 0 atom stereocenters. The average Bonchev–Trinajstić information content (AvgIpc) is 2.81. The molecule has 0 unspecified atom stereocenters. The summed E-state index contributed by atoms with van der Waals surface area (Å²) < 4.78 is 26.6. The number of aromatic nitrogens is 3. The average molecular weight is 383 g/mol. The van der Waals surface area contributed by atoms with Gasteiger partial charge < -0.3 is 14.4 Å². The first-order valence-electron chi connectivity index (χ1n) is 8.12. The predicted octanol–water partition coefficient (Wildman–Crippen LogP) is 3.27. The Kier molecular flexibility index (Phi) is 4.79. The van der Waals surface area contributed by atoms with Gasteiger partial charge in [0.1, 0.15) is 17.4 Å². The van der Waals surface area contributed by atoms with Crippen LogP contribution in [0.25, 0.3) is 11.4 Å². The van der Waals surface area contributed by atoms with Crippen LogP contribution < -0.4 is 4.74 Å². The molecule has 2 aromatic rings. The molecule has 7 nitrogen and oxygen atoms in total. The number of carbonyl (C=O) groups excluding carboxylic acids is 1. The smallest absolute Gasteiger partial charge is 0.410 e. The van der Waals surface area contributed by atoms with Crippen LogP contribution in [0.3, 0.4) is 0 Å². The maximum absolute atomic E-state index is 14.1. The van der Waals surface area contributed by atoms with Gasteiger partial charge in [0.25, 0.3) is 0 Å². The van der Waals surface area contributed by atoms with Crippen molar-refractivity contribution in [1.29, 1.82) is 0 Å². The molecular weight excluding hydrogens is 363 g/mol. The summed E-state index contributed by atoms with van der Waals surface area (Å²) in [5.74, 6) is -0.524. The van der Waals surface area contributed by atoms with Gasteiger partial charge in [-0.3, -0.25) is 9.67 Å². The number of likely N-dealkylation sites (tertiary alicyclic amines) is 1. The fourth-order valence-electron chi connectivity index (χ4n) is 2.51. The van der Waals surface area contributed by atoms with Crippen molar-refractivity contribution >= 4 is 17.7 Å². The summed E-state index contributed by atoms with van der Waals surface area (Å²) in [4.78, 5) is 17.5. The Balaban J connectivity index is 1.67. The third kappa shape index (κ3) is 3.90. The monoisotopic (exact) mass is 382 g/mol. The molecule has 140 valence electrons. The molecular formula is C17H20ClFN4O3. The number of pyridine rings is 1. The second-order valence-electron chi connectivity index (χ2n) is 7.09. The molecule has 3 rings (SSSR count). The van der Waals surface area contributed by atoms with E-state index in [1.54, 1.807) is 32.5 Å². The maximum Gasteiger partial charge on any atom is 0.410 e. The number of rotatable bonds is 3. The van der Waals surface area contributed by atoms with Gasteiger partial charge in [-0.25, -0.2) is 9.18 Å². The van der Waals surface area contributed by atoms with Crippen LogP contribution in [0.2, 0.25) is 5.02 Å². The molecule has 0 bridgehead atoms. The van der Waals surface area contributed by atoms with E-state index in [0.29, 0.717) is 29.5 Å². The minimum atomic E-state index is -0.581. The van der Waals surface area contributed by atoms with Crippen LogP contribution in [0.15, 0.2) is 18.5 Å². The first-order chi connectivity index (χ1) is 12.1. The Hall–Kier alpha value is -2.35. The first-order valence-corrected chi connectivity index (χ1v) is 8.50. The van der Waals surface area contributed by atoms with E-state index in [1.165, 1.54) is 17.2 Å². The van der Waals surface area contributed by atoms with Crippen LogP contribution in [0.5, 0.6) is 5.75 Å². The lowest BCUT2D eigenvalue weighted by atomic mass is 10.1. The van der Waals surface area contributed by atoms with E-state index < -0.39 is 17.5 Å². The zero-order valence-corrected chi connectivity index (χ0v) is 15.7. The van der Waals surface area contributed by atoms with Crippen molar-refractivity contribution in [3.05, 3.63) is 29.3 Å². The number of aryl methyl sites for hydroxylation is 1. The molecule has 0 saturated carbocycles. The molecule has 1 amide bonds. The zero-order chi connectivity index (χ0) is 19.1. The van der Waals surface area contributed by atoms with E-state index in [0.717, 1.165) is 6.20 Å². The Morgan fingerprint density at radius 3 is 2.62 bits per heavy atom. The first kappa shape index (κ1) is 18.4. The van der Waals surface area contributed by atoms with Crippen molar-refractivity contribution in [2.75, 3.05) is 13.1 Å². The number of nitrogens with zero attached hydrogens (tertiary/aromatic N) is 4. The van der Waals surface area contributed by atoms with Gasteiger partial charge in [0, 0.05) is 13.1 Å². The van der Waals surface area contributed by atoms with E-state index in [2.05, 4.69) is 10.1 Å². The van der Waals surface area contributed by atoms with Gasteiger partial charge in [-0.2, -0.15) is 5.10 Å². The molecule has 3 heterocycles. The molecule has 0 N–H and O–H groups in total. The van der Waals surface area contributed by atoms with Crippen molar-refractivity contribution in [2.24, 2.45) is 7.05 Å². The normalized spacial score (nSPS) is 14.9. The highest BCUT2D eigenvalue weighted by molar-refractivity contribution is 6.32. The molecule has 2 aromatic heterocycles. The minimum Gasteiger partial charge on any atom is -0.483 e. The van der Waals surface area contributed by atoms with Crippen molar-refractivity contribution in [3.8, 4) is 17.1 Å². The van der Waals surface area contributed by atoms with E-state index >= 15 is 0 Å². The summed E-state index contributed by atoms with van der Waals surface area (Å²) in [6, 6.07) is 1.48. The minimum absolute atomic E-state index is 0.0566. The summed E-state index contributed by atoms with van der Waals surface area (Å²) in [7, 11) is 1.72. The molecule has 0 aliphatic carbocycles. The Labute approximate surface area is 155 Å². The van der Waals surface area contributed by atoms with Gasteiger partial charge in [0.2, 0.25) is 0 Å². The molecule has 9 heteroatoms. The van der Waals surface area contributed by atoms with E-state index in [1.807, 2.05) is 0 Å². The van der Waals surface area contributed by atoms with Crippen LogP contribution >= 0.6 is 11.6 Å². The standard InChI is InChI=1S/C17H20ClFN4O3/c1-17(2,3)26-16(24)23-8-10(9-23)25-14-5-13(20-7-12(14)19)15-11(18)6-21-22(15)4/h5-7,10H,8-9H2,1-4H3. The molecule has 1 fully saturated rings. The fraction of sp³-hybridized carbons (Fsp3) is 0.471. The van der Waals surface area contributed by atoms with Crippen molar-refractivity contribution in [2.45, 2.75) is 32.5 Å². The molecule has 0 aromatic carbocycles.